The van der Waals surface area contributed by atoms with Crippen LogP contribution in [0.25, 0.3) is 10.9 Å². The molecule has 0 unspecified atom stereocenters. The molecule has 0 fully saturated rings. The third-order valence-corrected chi connectivity index (χ3v) is 3.02. The monoisotopic (exact) mass is 268 g/mol. The second-order valence-electron chi connectivity index (χ2n) is 3.31. The molecule has 0 saturated carbocycles. The van der Waals surface area contributed by atoms with Gasteiger partial charge in [0.2, 0.25) is 0 Å². The summed E-state index contributed by atoms with van der Waals surface area (Å²) in [6.45, 7) is 1.97. The van der Waals surface area contributed by atoms with Crippen molar-refractivity contribution >= 4 is 32.7 Å². The van der Waals surface area contributed by atoms with E-state index in [0.29, 0.717) is 16.7 Å². The van der Waals surface area contributed by atoms with Crippen LogP contribution in [0.3, 0.4) is 0 Å². The maximum atomic E-state index is 13.5. The van der Waals surface area contributed by atoms with Crippen LogP contribution in [0.4, 0.5) is 10.2 Å². The van der Waals surface area contributed by atoms with Crippen molar-refractivity contribution in [1.29, 1.82) is 0 Å². The Bertz CT molecular complexity index is 525. The van der Waals surface area contributed by atoms with E-state index < -0.39 is 0 Å². The summed E-state index contributed by atoms with van der Waals surface area (Å²) in [7, 11) is 0. The molecule has 0 aliphatic rings. The lowest BCUT2D eigenvalue weighted by Gasteiger charge is -2.06. The van der Waals surface area contributed by atoms with Crippen LogP contribution in [0.5, 0.6) is 0 Å². The molecule has 0 amide bonds. The van der Waals surface area contributed by atoms with Crippen molar-refractivity contribution in [3.05, 3.63) is 34.1 Å². The van der Waals surface area contributed by atoms with Crippen LogP contribution in [0.2, 0.25) is 0 Å². The first-order valence-electron chi connectivity index (χ1n) is 4.66. The smallest absolute Gasteiger partial charge is 0.132 e. The molecule has 0 aliphatic carbocycles. The fourth-order valence-corrected chi connectivity index (χ4v) is 1.97. The number of aryl methyl sites for hydroxylation is 1. The Hall–Kier alpha value is -1.16. The van der Waals surface area contributed by atoms with Crippen molar-refractivity contribution in [3.63, 3.8) is 0 Å². The zero-order chi connectivity index (χ0) is 11.0. The number of hydrogen-bond donors (Lipinski definition) is 1. The summed E-state index contributed by atoms with van der Waals surface area (Å²) in [4.78, 5) is 4.20. The Morgan fingerprint density at radius 1 is 1.47 bits per heavy atom. The van der Waals surface area contributed by atoms with Crippen molar-refractivity contribution < 1.29 is 4.39 Å². The number of anilines is 1. The van der Waals surface area contributed by atoms with Gasteiger partial charge in [-0.3, -0.25) is 0 Å². The van der Waals surface area contributed by atoms with E-state index in [-0.39, 0.29) is 5.82 Å². The molecular formula is C11H10BrFN2. The van der Waals surface area contributed by atoms with Gasteiger partial charge in [0.25, 0.3) is 0 Å². The van der Waals surface area contributed by atoms with Crippen molar-refractivity contribution in [1.82, 2.24) is 4.98 Å². The topological polar surface area (TPSA) is 38.9 Å². The zero-order valence-corrected chi connectivity index (χ0v) is 9.81. The summed E-state index contributed by atoms with van der Waals surface area (Å²) >= 11 is 3.33. The molecule has 2 nitrogen and oxygen atoms in total. The summed E-state index contributed by atoms with van der Waals surface area (Å²) in [5, 5.41) is 0.510. The van der Waals surface area contributed by atoms with Gasteiger partial charge < -0.3 is 5.73 Å². The van der Waals surface area contributed by atoms with Gasteiger partial charge in [0.15, 0.2) is 0 Å². The lowest BCUT2D eigenvalue weighted by molar-refractivity contribution is 0.639. The molecule has 1 aromatic carbocycles. The summed E-state index contributed by atoms with van der Waals surface area (Å²) in [5.74, 6) is 0.201. The highest BCUT2D eigenvalue weighted by molar-refractivity contribution is 9.10. The van der Waals surface area contributed by atoms with Crippen molar-refractivity contribution in [2.75, 3.05) is 5.73 Å². The Labute approximate surface area is 95.4 Å². The van der Waals surface area contributed by atoms with Gasteiger partial charge in [0, 0.05) is 9.86 Å². The maximum Gasteiger partial charge on any atom is 0.132 e. The highest BCUT2D eigenvalue weighted by Crippen LogP contribution is 2.27. The minimum Gasteiger partial charge on any atom is -0.383 e. The van der Waals surface area contributed by atoms with Crippen LogP contribution in [-0.2, 0) is 6.42 Å². The van der Waals surface area contributed by atoms with E-state index in [9.17, 15) is 4.39 Å². The fraction of sp³-hybridized carbons (Fsp3) is 0.182. The van der Waals surface area contributed by atoms with Crippen LogP contribution in [0, 0.1) is 5.82 Å². The lowest BCUT2D eigenvalue weighted by Crippen LogP contribution is -1.98. The molecule has 0 spiro atoms. The van der Waals surface area contributed by atoms with Crippen molar-refractivity contribution in [2.24, 2.45) is 0 Å². The number of halogens is 2. The van der Waals surface area contributed by atoms with Crippen LogP contribution in [0.1, 0.15) is 12.5 Å². The normalized spacial score (nSPS) is 10.9. The van der Waals surface area contributed by atoms with Crippen LogP contribution in [0.15, 0.2) is 22.7 Å². The van der Waals surface area contributed by atoms with Crippen LogP contribution >= 0.6 is 15.9 Å². The number of hydrogen-bond acceptors (Lipinski definition) is 2. The van der Waals surface area contributed by atoms with Gasteiger partial charge in [-0.15, -0.1) is 0 Å². The molecule has 2 N–H and O–H groups in total. The van der Waals surface area contributed by atoms with E-state index in [4.69, 9.17) is 5.73 Å². The number of nitrogens with zero attached hydrogens (tertiary/aromatic N) is 1. The average Bonchev–Trinajstić information content (AvgIpc) is 2.23. The van der Waals surface area contributed by atoms with Crippen LogP contribution < -0.4 is 5.73 Å². The molecule has 0 atom stereocenters. The van der Waals surface area contributed by atoms with E-state index in [0.717, 1.165) is 16.5 Å². The minimum atomic E-state index is -0.268. The third-order valence-electron chi connectivity index (χ3n) is 2.38. The highest BCUT2D eigenvalue weighted by atomic mass is 79.9. The summed E-state index contributed by atoms with van der Waals surface area (Å²) in [5.41, 5.74) is 7.21. The molecule has 15 heavy (non-hydrogen) atoms. The zero-order valence-electron chi connectivity index (χ0n) is 8.22. The van der Waals surface area contributed by atoms with E-state index in [1.807, 2.05) is 6.92 Å². The SMILES string of the molecule is CCc1cc2c(F)ccc(Br)c2nc1N. The summed E-state index contributed by atoms with van der Waals surface area (Å²) in [6, 6.07) is 4.82. The largest absolute Gasteiger partial charge is 0.383 e. The second-order valence-corrected chi connectivity index (χ2v) is 4.17. The number of nitrogen functional groups attached to an aromatic ring is 1. The number of pyridine rings is 1. The summed E-state index contributed by atoms with van der Waals surface area (Å²) < 4.78 is 14.3. The Kier molecular flexibility index (Phi) is 2.61. The number of aromatic nitrogens is 1. The lowest BCUT2D eigenvalue weighted by atomic mass is 10.1. The van der Waals surface area contributed by atoms with E-state index >= 15 is 0 Å². The van der Waals surface area contributed by atoms with Gasteiger partial charge in [0.05, 0.1) is 5.52 Å². The van der Waals surface area contributed by atoms with Gasteiger partial charge in [-0.1, -0.05) is 6.92 Å². The fourth-order valence-electron chi connectivity index (χ4n) is 1.53. The Balaban J connectivity index is 2.86. The number of nitrogens with two attached hydrogens (primary N) is 1. The number of fused-ring (bicyclic) bond motifs is 1. The molecule has 4 heteroatoms. The Morgan fingerprint density at radius 3 is 2.87 bits per heavy atom. The molecule has 0 radical (unpaired) electrons. The van der Waals surface area contributed by atoms with E-state index in [2.05, 4.69) is 20.9 Å². The molecular weight excluding hydrogens is 259 g/mol. The van der Waals surface area contributed by atoms with Gasteiger partial charge >= 0.3 is 0 Å². The van der Waals surface area contributed by atoms with Gasteiger partial charge in [0.1, 0.15) is 11.6 Å². The highest BCUT2D eigenvalue weighted by Gasteiger charge is 2.09. The third kappa shape index (κ3) is 1.69. The number of benzene rings is 1. The van der Waals surface area contributed by atoms with Gasteiger partial charge in [-0.2, -0.15) is 0 Å². The Morgan fingerprint density at radius 2 is 2.20 bits per heavy atom. The first kappa shape index (κ1) is 10.4. The van der Waals surface area contributed by atoms with E-state index in [1.165, 1.54) is 6.07 Å². The molecule has 78 valence electrons. The quantitative estimate of drug-likeness (QED) is 0.862. The predicted octanol–water partition coefficient (Wildman–Crippen LogP) is 3.28. The first-order valence-corrected chi connectivity index (χ1v) is 5.46. The maximum absolute atomic E-state index is 13.5. The molecule has 0 aliphatic heterocycles. The molecule has 1 aromatic heterocycles. The molecule has 0 saturated heterocycles. The van der Waals surface area contributed by atoms with Gasteiger partial charge in [-0.25, -0.2) is 9.37 Å². The standard InChI is InChI=1S/C11H10BrFN2/c1-2-6-5-7-9(13)4-3-8(12)10(7)15-11(6)14/h3-5H,2H2,1H3,(H2,14,15). The molecule has 1 heterocycles. The average molecular weight is 269 g/mol. The predicted molar refractivity (Wildman–Crippen MR) is 63.2 cm³/mol. The van der Waals surface area contributed by atoms with E-state index in [1.54, 1.807) is 12.1 Å². The van der Waals surface area contributed by atoms with Crippen LogP contribution in [-0.4, -0.2) is 4.98 Å². The summed E-state index contributed by atoms with van der Waals surface area (Å²) in [6.07, 6.45) is 0.751. The first-order chi connectivity index (χ1) is 7.13. The van der Waals surface area contributed by atoms with Crippen molar-refractivity contribution in [2.45, 2.75) is 13.3 Å². The second kappa shape index (κ2) is 3.77. The van der Waals surface area contributed by atoms with Crippen molar-refractivity contribution in [3.8, 4) is 0 Å². The minimum absolute atomic E-state index is 0.268. The molecule has 0 bridgehead atoms. The molecule has 2 aromatic rings. The molecule has 2 rings (SSSR count). The van der Waals surface area contributed by atoms with Gasteiger partial charge in [-0.05, 0) is 46.1 Å². The number of rotatable bonds is 1.